The number of benzene rings is 1. The molecule has 1 aromatic carbocycles. The third-order valence-electron chi connectivity index (χ3n) is 6.52. The highest BCUT2D eigenvalue weighted by Gasteiger charge is 2.26. The Hall–Kier alpha value is -2.34. The van der Waals surface area contributed by atoms with Crippen molar-refractivity contribution in [1.29, 1.82) is 0 Å². The van der Waals surface area contributed by atoms with E-state index in [4.69, 9.17) is 0 Å². The summed E-state index contributed by atoms with van der Waals surface area (Å²) in [7, 11) is 3.86. The fourth-order valence-electron chi connectivity index (χ4n) is 4.84. The van der Waals surface area contributed by atoms with Gasteiger partial charge >= 0.3 is 0 Å². The molecule has 2 atom stereocenters. The minimum Gasteiger partial charge on any atom is -0.352 e. The van der Waals surface area contributed by atoms with Crippen molar-refractivity contribution in [3.63, 3.8) is 0 Å². The van der Waals surface area contributed by atoms with Gasteiger partial charge in [0, 0.05) is 58.9 Å². The third-order valence-corrected chi connectivity index (χ3v) is 6.52. The molecule has 2 fully saturated rings. The first kappa shape index (κ1) is 20.9. The molecule has 6 heteroatoms. The van der Waals surface area contributed by atoms with Crippen molar-refractivity contribution in [2.45, 2.75) is 45.2 Å². The largest absolute Gasteiger partial charge is 0.352 e. The van der Waals surface area contributed by atoms with Crippen LogP contribution in [0.3, 0.4) is 0 Å². The highest BCUT2D eigenvalue weighted by Crippen LogP contribution is 2.26. The van der Waals surface area contributed by atoms with Crippen molar-refractivity contribution < 1.29 is 0 Å². The molecular weight excluding hydrogens is 372 g/mol. The summed E-state index contributed by atoms with van der Waals surface area (Å²) in [5.74, 6) is 2.36. The first-order valence-electron chi connectivity index (χ1n) is 11.3. The van der Waals surface area contributed by atoms with Crippen molar-refractivity contribution >= 4 is 5.96 Å². The molecule has 2 unspecified atom stereocenters. The van der Waals surface area contributed by atoms with Crippen LogP contribution < -0.4 is 5.32 Å². The quantitative estimate of drug-likeness (QED) is 0.610. The number of rotatable bonds is 5. The summed E-state index contributed by atoms with van der Waals surface area (Å²) < 4.78 is 1.89. The Balaban J connectivity index is 1.27. The number of nitrogens with one attached hydrogen (secondary N) is 1. The number of aliphatic imine (C=N–C) groups is 1. The Morgan fingerprint density at radius 3 is 2.63 bits per heavy atom. The van der Waals surface area contributed by atoms with Gasteiger partial charge in [-0.2, -0.15) is 5.10 Å². The van der Waals surface area contributed by atoms with E-state index in [0.717, 1.165) is 44.5 Å². The average molecular weight is 409 g/mol. The van der Waals surface area contributed by atoms with Crippen LogP contribution in [0.2, 0.25) is 0 Å². The summed E-state index contributed by atoms with van der Waals surface area (Å²) in [6.45, 7) is 8.75. The van der Waals surface area contributed by atoms with Crippen LogP contribution in [0, 0.1) is 5.92 Å². The zero-order chi connectivity index (χ0) is 20.9. The maximum absolute atomic E-state index is 4.52. The highest BCUT2D eigenvalue weighted by atomic mass is 15.3. The van der Waals surface area contributed by atoms with Crippen LogP contribution in [-0.4, -0.2) is 58.8 Å². The van der Waals surface area contributed by atoms with Gasteiger partial charge in [0.25, 0.3) is 0 Å². The number of hydrogen-bond acceptors (Lipinski definition) is 3. The molecule has 1 aromatic heterocycles. The summed E-state index contributed by atoms with van der Waals surface area (Å²) in [6, 6.07) is 9.08. The summed E-state index contributed by atoms with van der Waals surface area (Å²) in [5, 5.41) is 7.88. The summed E-state index contributed by atoms with van der Waals surface area (Å²) in [6.07, 6.45) is 7.99. The molecule has 4 rings (SSSR count). The highest BCUT2D eigenvalue weighted by molar-refractivity contribution is 5.80. The van der Waals surface area contributed by atoms with Crippen LogP contribution in [-0.2, 0) is 20.1 Å². The number of likely N-dealkylation sites (tertiary alicyclic amines) is 2. The zero-order valence-corrected chi connectivity index (χ0v) is 18.7. The van der Waals surface area contributed by atoms with Crippen molar-refractivity contribution in [3.05, 3.63) is 53.3 Å². The number of guanidine groups is 1. The molecule has 2 aliphatic heterocycles. The number of hydrogen-bond donors (Lipinski definition) is 1. The molecule has 30 heavy (non-hydrogen) atoms. The Kier molecular flexibility index (Phi) is 6.72. The Bertz CT molecular complexity index is 840. The van der Waals surface area contributed by atoms with E-state index in [1.807, 2.05) is 25.0 Å². The molecule has 6 nitrogen and oxygen atoms in total. The van der Waals surface area contributed by atoms with E-state index >= 15 is 0 Å². The smallest absolute Gasteiger partial charge is 0.193 e. The SMILES string of the molecule is CN=C(NCc1ccc(CN2CCCC(C)C2)cc1)N1CCC(c2cnn(C)c2)C1. The predicted molar refractivity (Wildman–Crippen MR) is 122 cm³/mol. The van der Waals surface area contributed by atoms with Crippen LogP contribution in [0.5, 0.6) is 0 Å². The lowest BCUT2D eigenvalue weighted by atomic mass is 9.99. The molecule has 2 saturated heterocycles. The fraction of sp³-hybridized carbons (Fsp3) is 0.583. The van der Waals surface area contributed by atoms with Crippen molar-refractivity contribution in [2.24, 2.45) is 18.0 Å². The molecule has 0 aliphatic carbocycles. The fourth-order valence-corrected chi connectivity index (χ4v) is 4.84. The molecule has 2 aromatic rings. The van der Waals surface area contributed by atoms with Crippen LogP contribution in [0.15, 0.2) is 41.7 Å². The van der Waals surface area contributed by atoms with Crippen LogP contribution >= 0.6 is 0 Å². The van der Waals surface area contributed by atoms with E-state index in [1.165, 1.54) is 42.6 Å². The number of piperidine rings is 1. The van der Waals surface area contributed by atoms with Crippen LogP contribution in [0.25, 0.3) is 0 Å². The standard InChI is InChI=1S/C24H36N6/c1-19-5-4-11-29(15-19)16-21-8-6-20(7-9-21)13-26-24(25-2)30-12-10-22(18-30)23-14-27-28(3)17-23/h6-9,14,17,19,22H,4-5,10-13,15-16,18H2,1-3H3,(H,25,26). The first-order valence-corrected chi connectivity index (χ1v) is 11.3. The molecule has 0 saturated carbocycles. The van der Waals surface area contributed by atoms with Gasteiger partial charge in [-0.25, -0.2) is 0 Å². The third kappa shape index (κ3) is 5.22. The van der Waals surface area contributed by atoms with Crippen molar-refractivity contribution in [3.8, 4) is 0 Å². The molecule has 3 heterocycles. The van der Waals surface area contributed by atoms with Crippen molar-refractivity contribution in [2.75, 3.05) is 33.2 Å². The molecular formula is C24H36N6. The van der Waals surface area contributed by atoms with Gasteiger partial charge in [-0.3, -0.25) is 14.6 Å². The van der Waals surface area contributed by atoms with Gasteiger partial charge in [0.2, 0.25) is 0 Å². The summed E-state index contributed by atoms with van der Waals surface area (Å²) in [5.41, 5.74) is 4.04. The van der Waals surface area contributed by atoms with Crippen molar-refractivity contribution in [1.82, 2.24) is 24.9 Å². The lowest BCUT2D eigenvalue weighted by molar-refractivity contribution is 0.176. The number of aromatic nitrogens is 2. The summed E-state index contributed by atoms with van der Waals surface area (Å²) >= 11 is 0. The van der Waals surface area contributed by atoms with E-state index in [1.54, 1.807) is 0 Å². The van der Waals surface area contributed by atoms with Gasteiger partial charge in [0.15, 0.2) is 5.96 Å². The second kappa shape index (κ2) is 9.65. The average Bonchev–Trinajstić information content (AvgIpc) is 3.39. The molecule has 2 aliphatic rings. The second-order valence-electron chi connectivity index (χ2n) is 9.08. The van der Waals surface area contributed by atoms with E-state index in [-0.39, 0.29) is 0 Å². The normalized spacial score (nSPS) is 23.2. The Labute approximate surface area is 181 Å². The van der Waals surface area contributed by atoms with Crippen LogP contribution in [0.4, 0.5) is 0 Å². The first-order chi connectivity index (χ1) is 14.6. The Morgan fingerprint density at radius 1 is 1.13 bits per heavy atom. The minimum absolute atomic E-state index is 0.536. The summed E-state index contributed by atoms with van der Waals surface area (Å²) in [4.78, 5) is 9.48. The van der Waals surface area contributed by atoms with Crippen LogP contribution in [0.1, 0.15) is 48.8 Å². The van der Waals surface area contributed by atoms with Gasteiger partial charge < -0.3 is 10.2 Å². The molecule has 0 bridgehead atoms. The molecule has 162 valence electrons. The maximum Gasteiger partial charge on any atom is 0.193 e. The molecule has 0 amide bonds. The number of aryl methyl sites for hydroxylation is 1. The number of nitrogens with zero attached hydrogens (tertiary/aromatic N) is 5. The van der Waals surface area contributed by atoms with Gasteiger partial charge in [0.05, 0.1) is 6.20 Å². The van der Waals surface area contributed by atoms with E-state index in [2.05, 4.69) is 62.6 Å². The van der Waals surface area contributed by atoms with Gasteiger partial charge in [0.1, 0.15) is 0 Å². The molecule has 0 spiro atoms. The lowest BCUT2D eigenvalue weighted by Gasteiger charge is -2.30. The van der Waals surface area contributed by atoms with Gasteiger partial charge in [-0.1, -0.05) is 31.2 Å². The maximum atomic E-state index is 4.52. The van der Waals surface area contributed by atoms with Gasteiger partial charge in [-0.05, 0) is 48.4 Å². The topological polar surface area (TPSA) is 48.7 Å². The Morgan fingerprint density at radius 2 is 1.93 bits per heavy atom. The molecule has 1 N–H and O–H groups in total. The minimum atomic E-state index is 0.536. The monoisotopic (exact) mass is 408 g/mol. The van der Waals surface area contributed by atoms with E-state index in [0.29, 0.717) is 5.92 Å². The second-order valence-corrected chi connectivity index (χ2v) is 9.08. The van der Waals surface area contributed by atoms with E-state index in [9.17, 15) is 0 Å². The zero-order valence-electron chi connectivity index (χ0n) is 18.7. The predicted octanol–water partition coefficient (Wildman–Crippen LogP) is 3.22. The van der Waals surface area contributed by atoms with Gasteiger partial charge in [-0.15, -0.1) is 0 Å². The molecule has 0 radical (unpaired) electrons. The lowest BCUT2D eigenvalue weighted by Crippen LogP contribution is -2.39. The van der Waals surface area contributed by atoms with E-state index < -0.39 is 0 Å².